The maximum absolute atomic E-state index is 13.1. The summed E-state index contributed by atoms with van der Waals surface area (Å²) in [7, 11) is 0. The van der Waals surface area contributed by atoms with Crippen molar-refractivity contribution in [3.63, 3.8) is 0 Å². The van der Waals surface area contributed by atoms with E-state index >= 15 is 0 Å². The molecule has 0 aliphatic heterocycles. The van der Waals surface area contributed by atoms with Gasteiger partial charge in [-0.05, 0) is 94.1 Å². The molecule has 198 valence electrons. The van der Waals surface area contributed by atoms with Crippen LogP contribution in [0.15, 0.2) is 74.3 Å². The van der Waals surface area contributed by atoms with Crippen molar-refractivity contribution in [2.45, 2.75) is 20.8 Å². The Balaban J connectivity index is 1.89. The summed E-state index contributed by atoms with van der Waals surface area (Å²) in [5.41, 5.74) is 5.35. The number of hydrogen-bond acceptors (Lipinski definition) is 6. The number of halogens is 2. The van der Waals surface area contributed by atoms with Gasteiger partial charge in [0, 0.05) is 29.9 Å². The zero-order valence-electron chi connectivity index (χ0n) is 21.1. The van der Waals surface area contributed by atoms with Gasteiger partial charge in [-0.2, -0.15) is 5.10 Å². The topological polar surface area (TPSA) is 114 Å². The maximum atomic E-state index is 13.1. The fraction of sp³-hybridized carbons (Fsp3) is 0.179. The van der Waals surface area contributed by atoms with Crippen molar-refractivity contribution in [1.82, 2.24) is 10.7 Å². The molecule has 2 amide bonds. The lowest BCUT2D eigenvalue weighted by Gasteiger charge is -2.21. The van der Waals surface area contributed by atoms with Gasteiger partial charge in [0.05, 0.1) is 10.7 Å². The smallest absolute Gasteiger partial charge is 0.287 e. The first-order chi connectivity index (χ1) is 18.2. The Morgan fingerprint density at radius 1 is 0.947 bits per heavy atom. The number of phenolic OH excluding ortho intramolecular Hbond substituents is 2. The second-order valence-electron chi connectivity index (χ2n) is 8.20. The van der Waals surface area contributed by atoms with E-state index in [1.807, 2.05) is 24.3 Å². The first-order valence-electron chi connectivity index (χ1n) is 11.8. The number of amides is 2. The van der Waals surface area contributed by atoms with Crippen molar-refractivity contribution in [3.05, 3.63) is 91.5 Å². The van der Waals surface area contributed by atoms with Crippen LogP contribution in [0.5, 0.6) is 11.5 Å². The number of nitrogens with zero attached hydrogens (tertiary/aromatic N) is 2. The molecular weight excluding hydrogens is 616 g/mol. The van der Waals surface area contributed by atoms with Crippen LogP contribution in [0.4, 0.5) is 5.69 Å². The number of anilines is 1. The van der Waals surface area contributed by atoms with Crippen molar-refractivity contribution in [3.8, 4) is 11.5 Å². The van der Waals surface area contributed by atoms with Gasteiger partial charge in [-0.1, -0.05) is 30.3 Å². The first kappa shape index (κ1) is 28.9. The minimum atomic E-state index is -0.660. The fourth-order valence-electron chi connectivity index (χ4n) is 3.65. The zero-order valence-corrected chi connectivity index (χ0v) is 24.3. The Hall–Kier alpha value is -3.63. The number of phenols is 2. The lowest BCUT2D eigenvalue weighted by Crippen LogP contribution is -2.32. The number of carbonyl (C=O) groups is 2. The van der Waals surface area contributed by atoms with Gasteiger partial charge < -0.3 is 20.4 Å². The second-order valence-corrected chi connectivity index (χ2v) is 9.79. The van der Waals surface area contributed by atoms with E-state index in [1.165, 1.54) is 6.21 Å². The van der Waals surface area contributed by atoms with Gasteiger partial charge in [-0.3, -0.25) is 9.59 Å². The predicted molar refractivity (Wildman–Crippen MR) is 158 cm³/mol. The average molecular weight is 644 g/mol. The highest BCUT2D eigenvalue weighted by Crippen LogP contribution is 2.43. The molecule has 10 heteroatoms. The Morgan fingerprint density at radius 2 is 1.58 bits per heavy atom. The quantitative estimate of drug-likeness (QED) is 0.136. The lowest BCUT2D eigenvalue weighted by molar-refractivity contribution is -0.117. The van der Waals surface area contributed by atoms with Crippen LogP contribution in [-0.2, 0) is 4.79 Å². The van der Waals surface area contributed by atoms with Crippen LogP contribution in [0, 0.1) is 6.92 Å². The fourth-order valence-corrected chi connectivity index (χ4v) is 4.74. The Bertz CT molecular complexity index is 1340. The van der Waals surface area contributed by atoms with E-state index in [4.69, 9.17) is 0 Å². The molecule has 0 atom stereocenters. The molecule has 0 spiro atoms. The third-order valence-electron chi connectivity index (χ3n) is 5.83. The zero-order chi connectivity index (χ0) is 27.8. The normalized spacial score (nSPS) is 11.4. The van der Waals surface area contributed by atoms with Gasteiger partial charge in [0.2, 0.25) is 0 Å². The lowest BCUT2D eigenvalue weighted by atomic mass is 10.1. The van der Waals surface area contributed by atoms with Crippen molar-refractivity contribution in [2.24, 2.45) is 5.10 Å². The molecule has 0 aliphatic carbocycles. The predicted octanol–water partition coefficient (Wildman–Crippen LogP) is 5.70. The molecule has 0 heterocycles. The Morgan fingerprint density at radius 3 is 2.18 bits per heavy atom. The number of carbonyl (C=O) groups excluding carboxylic acids is 2. The molecule has 0 fully saturated rings. The van der Waals surface area contributed by atoms with Gasteiger partial charge in [0.1, 0.15) is 21.7 Å². The third-order valence-corrected chi connectivity index (χ3v) is 7.55. The van der Waals surface area contributed by atoms with Crippen LogP contribution in [-0.4, -0.2) is 41.3 Å². The number of benzene rings is 3. The Labute approximate surface area is 238 Å². The van der Waals surface area contributed by atoms with E-state index in [9.17, 15) is 19.8 Å². The van der Waals surface area contributed by atoms with E-state index in [1.54, 1.807) is 43.3 Å². The van der Waals surface area contributed by atoms with Gasteiger partial charge in [-0.15, -0.1) is 0 Å². The van der Waals surface area contributed by atoms with E-state index in [2.05, 4.69) is 66.5 Å². The maximum Gasteiger partial charge on any atom is 0.287 e. The minimum absolute atomic E-state index is 0.0133. The molecule has 0 saturated heterocycles. The molecule has 4 N–H and O–H groups in total. The highest BCUT2D eigenvalue weighted by Gasteiger charge is 2.18. The highest BCUT2D eigenvalue weighted by atomic mass is 79.9. The number of hydrazone groups is 1. The summed E-state index contributed by atoms with van der Waals surface area (Å²) in [5.74, 6) is -1.49. The number of aromatic hydroxyl groups is 2. The van der Waals surface area contributed by atoms with E-state index in [0.717, 1.165) is 18.8 Å². The van der Waals surface area contributed by atoms with Crippen LogP contribution in [0.3, 0.4) is 0 Å². The second kappa shape index (κ2) is 13.3. The van der Waals surface area contributed by atoms with Crippen LogP contribution >= 0.6 is 31.9 Å². The number of nitrogens with one attached hydrogen (secondary N) is 2. The summed E-state index contributed by atoms with van der Waals surface area (Å²) in [5, 5.41) is 27.1. The summed E-state index contributed by atoms with van der Waals surface area (Å²) in [4.78, 5) is 28.1. The van der Waals surface area contributed by atoms with E-state index in [0.29, 0.717) is 21.2 Å². The van der Waals surface area contributed by atoms with Gasteiger partial charge in [0.15, 0.2) is 0 Å². The molecule has 3 aromatic rings. The summed E-state index contributed by atoms with van der Waals surface area (Å²) in [6.07, 6.45) is 2.82. The molecule has 3 aromatic carbocycles. The van der Waals surface area contributed by atoms with Crippen LogP contribution in [0.25, 0.3) is 6.08 Å². The SMILES string of the molecule is CCN(CC)c1ccc(C=C(NC(=O)c2ccccc2)C(=O)NN=Cc2c(C)c(Br)c(O)c(Br)c2O)cc1. The number of hydrogen-bond donors (Lipinski definition) is 4. The standard InChI is InChI=1S/C28H28Br2N4O4/c1-4-34(5-2)20-13-11-18(12-14-20)15-22(32-27(37)19-9-7-6-8-10-19)28(38)33-31-16-21-17(3)23(29)26(36)24(30)25(21)35/h6-16,35-36H,4-5H2,1-3H3,(H,32,37)(H,33,38). The third kappa shape index (κ3) is 6.81. The molecule has 0 radical (unpaired) electrons. The summed E-state index contributed by atoms with van der Waals surface area (Å²) in [6, 6.07) is 16.2. The van der Waals surface area contributed by atoms with Crippen molar-refractivity contribution in [2.75, 3.05) is 18.0 Å². The minimum Gasteiger partial charge on any atom is -0.506 e. The van der Waals surface area contributed by atoms with Crippen LogP contribution in [0.2, 0.25) is 0 Å². The van der Waals surface area contributed by atoms with E-state index < -0.39 is 11.8 Å². The van der Waals surface area contributed by atoms with Crippen molar-refractivity contribution < 1.29 is 19.8 Å². The molecule has 8 nitrogen and oxygen atoms in total. The molecule has 0 unspecified atom stereocenters. The Kier molecular flexibility index (Phi) is 10.1. The molecule has 38 heavy (non-hydrogen) atoms. The number of rotatable bonds is 9. The average Bonchev–Trinajstić information content (AvgIpc) is 2.94. The first-order valence-corrected chi connectivity index (χ1v) is 13.4. The van der Waals surface area contributed by atoms with Crippen molar-refractivity contribution >= 4 is 61.7 Å². The van der Waals surface area contributed by atoms with Crippen LogP contribution in [0.1, 0.15) is 40.9 Å². The van der Waals surface area contributed by atoms with E-state index in [-0.39, 0.29) is 27.2 Å². The molecular formula is C28H28Br2N4O4. The van der Waals surface area contributed by atoms with Crippen LogP contribution < -0.4 is 15.6 Å². The largest absolute Gasteiger partial charge is 0.506 e. The molecule has 0 aliphatic rings. The molecule has 0 saturated carbocycles. The van der Waals surface area contributed by atoms with Gasteiger partial charge >= 0.3 is 0 Å². The van der Waals surface area contributed by atoms with Gasteiger partial charge in [0.25, 0.3) is 11.8 Å². The van der Waals surface area contributed by atoms with Gasteiger partial charge in [-0.25, -0.2) is 5.43 Å². The summed E-state index contributed by atoms with van der Waals surface area (Å²) in [6.45, 7) is 7.57. The monoisotopic (exact) mass is 642 g/mol. The highest BCUT2D eigenvalue weighted by molar-refractivity contribution is 9.11. The molecule has 0 aromatic heterocycles. The molecule has 3 rings (SSSR count). The summed E-state index contributed by atoms with van der Waals surface area (Å²) >= 11 is 6.40. The van der Waals surface area contributed by atoms with Crippen molar-refractivity contribution in [1.29, 1.82) is 0 Å². The summed E-state index contributed by atoms with van der Waals surface area (Å²) < 4.78 is 0.463. The molecule has 0 bridgehead atoms.